The number of hydrogen-bond acceptors (Lipinski definition) is 5. The molecule has 1 heterocycles. The minimum atomic E-state index is -0.438. The Hall–Kier alpha value is -2.09. The molecule has 3 rings (SSSR count). The molecular weight excluding hydrogens is 397 g/mol. The SMILES string of the molecule is COc1cc(/C=C2/SC(=S)N(c3cccc(F)c3)C2=O)cc(Cl)c1OC. The van der Waals surface area contributed by atoms with Crippen LogP contribution >= 0.6 is 35.6 Å². The van der Waals surface area contributed by atoms with E-state index in [4.69, 9.17) is 33.3 Å². The maximum absolute atomic E-state index is 13.5. The van der Waals surface area contributed by atoms with Gasteiger partial charge >= 0.3 is 0 Å². The molecule has 2 aromatic rings. The zero-order valence-corrected chi connectivity index (χ0v) is 16.2. The first-order valence-electron chi connectivity index (χ1n) is 7.39. The lowest BCUT2D eigenvalue weighted by Crippen LogP contribution is -2.27. The molecule has 26 heavy (non-hydrogen) atoms. The molecule has 0 atom stereocenters. The van der Waals surface area contributed by atoms with Gasteiger partial charge < -0.3 is 9.47 Å². The predicted molar refractivity (Wildman–Crippen MR) is 107 cm³/mol. The molecule has 0 bridgehead atoms. The molecule has 1 aliphatic rings. The number of amides is 1. The number of halogens is 2. The van der Waals surface area contributed by atoms with Crippen molar-refractivity contribution in [2.45, 2.75) is 0 Å². The van der Waals surface area contributed by atoms with Crippen LogP contribution in [0.4, 0.5) is 10.1 Å². The highest BCUT2D eigenvalue weighted by Gasteiger charge is 2.33. The first-order valence-corrected chi connectivity index (χ1v) is 9.00. The summed E-state index contributed by atoms with van der Waals surface area (Å²) >= 11 is 12.6. The second kappa shape index (κ2) is 7.65. The van der Waals surface area contributed by atoms with Gasteiger partial charge in [-0.05, 0) is 42.0 Å². The second-order valence-corrected chi connectivity index (χ2v) is 7.32. The summed E-state index contributed by atoms with van der Waals surface area (Å²) in [4.78, 5) is 14.4. The van der Waals surface area contributed by atoms with Crippen LogP contribution in [0.15, 0.2) is 41.3 Å². The van der Waals surface area contributed by atoms with Crippen molar-refractivity contribution in [3.63, 3.8) is 0 Å². The zero-order chi connectivity index (χ0) is 18.8. The minimum absolute atomic E-state index is 0.323. The van der Waals surface area contributed by atoms with Crippen LogP contribution in [-0.2, 0) is 4.79 Å². The number of thiocarbonyl (C=S) groups is 1. The van der Waals surface area contributed by atoms with E-state index in [2.05, 4.69) is 0 Å². The molecule has 0 spiro atoms. The molecule has 1 fully saturated rings. The van der Waals surface area contributed by atoms with Gasteiger partial charge in [0.15, 0.2) is 15.8 Å². The fraction of sp³-hybridized carbons (Fsp3) is 0.111. The Kier molecular flexibility index (Phi) is 5.50. The minimum Gasteiger partial charge on any atom is -0.493 e. The molecule has 1 aliphatic heterocycles. The number of methoxy groups -OCH3 is 2. The van der Waals surface area contributed by atoms with Crippen molar-refractivity contribution in [1.82, 2.24) is 0 Å². The average Bonchev–Trinajstić information content (AvgIpc) is 2.88. The number of ether oxygens (including phenoxy) is 2. The van der Waals surface area contributed by atoms with Crippen LogP contribution in [-0.4, -0.2) is 24.4 Å². The molecule has 0 aliphatic carbocycles. The van der Waals surface area contributed by atoms with Gasteiger partial charge in [-0.25, -0.2) is 4.39 Å². The van der Waals surface area contributed by atoms with Crippen LogP contribution in [0.3, 0.4) is 0 Å². The largest absolute Gasteiger partial charge is 0.493 e. The van der Waals surface area contributed by atoms with Gasteiger partial charge in [0.2, 0.25) is 0 Å². The van der Waals surface area contributed by atoms with Gasteiger partial charge in [-0.1, -0.05) is 41.6 Å². The van der Waals surface area contributed by atoms with E-state index < -0.39 is 5.82 Å². The highest BCUT2D eigenvalue weighted by Crippen LogP contribution is 2.39. The van der Waals surface area contributed by atoms with E-state index in [0.717, 1.165) is 11.8 Å². The molecular formula is C18H13ClFNO3S2. The number of carbonyl (C=O) groups excluding carboxylic acids is 1. The van der Waals surface area contributed by atoms with E-state index in [9.17, 15) is 9.18 Å². The Labute approximate surface area is 164 Å². The summed E-state index contributed by atoms with van der Waals surface area (Å²) in [5.74, 6) is 0.106. The van der Waals surface area contributed by atoms with Crippen molar-refractivity contribution >= 4 is 57.6 Å². The van der Waals surface area contributed by atoms with Crippen molar-refractivity contribution in [3.05, 3.63) is 57.7 Å². The third-order valence-electron chi connectivity index (χ3n) is 3.61. The number of benzene rings is 2. The number of nitrogens with zero attached hydrogens (tertiary/aromatic N) is 1. The lowest BCUT2D eigenvalue weighted by atomic mass is 10.1. The number of hydrogen-bond donors (Lipinski definition) is 0. The van der Waals surface area contributed by atoms with Crippen molar-refractivity contribution < 1.29 is 18.7 Å². The normalized spacial score (nSPS) is 15.7. The smallest absolute Gasteiger partial charge is 0.270 e. The third kappa shape index (κ3) is 3.56. The molecule has 0 saturated carbocycles. The summed E-state index contributed by atoms with van der Waals surface area (Å²) in [5, 5.41) is 0.360. The standard InChI is InChI=1S/C18H13ClFNO3S2/c1-23-14-7-10(6-13(19)16(14)24-2)8-15-17(22)21(18(25)26-15)12-5-3-4-11(20)9-12/h3-9H,1-2H3/b15-8+. The molecule has 0 aromatic heterocycles. The van der Waals surface area contributed by atoms with Crippen LogP contribution < -0.4 is 14.4 Å². The Bertz CT molecular complexity index is 933. The van der Waals surface area contributed by atoms with Crippen molar-refractivity contribution in [2.75, 3.05) is 19.1 Å². The van der Waals surface area contributed by atoms with Crippen molar-refractivity contribution in [3.8, 4) is 11.5 Å². The molecule has 1 amide bonds. The summed E-state index contributed by atoms with van der Waals surface area (Å²) in [7, 11) is 2.99. The van der Waals surface area contributed by atoms with E-state index in [1.54, 1.807) is 24.3 Å². The molecule has 1 saturated heterocycles. The first-order chi connectivity index (χ1) is 12.4. The average molecular weight is 410 g/mol. The highest BCUT2D eigenvalue weighted by molar-refractivity contribution is 8.27. The van der Waals surface area contributed by atoms with Gasteiger partial charge in [-0.15, -0.1) is 0 Å². The highest BCUT2D eigenvalue weighted by atomic mass is 35.5. The van der Waals surface area contributed by atoms with E-state index in [1.165, 1.54) is 37.3 Å². The van der Waals surface area contributed by atoms with Crippen LogP contribution in [0, 0.1) is 5.82 Å². The Morgan fingerprint density at radius 2 is 2.00 bits per heavy atom. The van der Waals surface area contributed by atoms with Crippen LogP contribution in [0.5, 0.6) is 11.5 Å². The van der Waals surface area contributed by atoms with Crippen molar-refractivity contribution in [2.24, 2.45) is 0 Å². The molecule has 4 nitrogen and oxygen atoms in total. The van der Waals surface area contributed by atoms with E-state index in [0.29, 0.717) is 37.0 Å². The first kappa shape index (κ1) is 18.7. The lowest BCUT2D eigenvalue weighted by Gasteiger charge is -2.14. The summed E-state index contributed by atoms with van der Waals surface area (Å²) < 4.78 is 24.3. The molecule has 0 unspecified atom stereocenters. The molecule has 8 heteroatoms. The van der Waals surface area contributed by atoms with Gasteiger partial charge in [-0.2, -0.15) is 0 Å². The van der Waals surface area contributed by atoms with Crippen LogP contribution in [0.25, 0.3) is 6.08 Å². The predicted octanol–water partition coefficient (Wildman–Crippen LogP) is 4.90. The molecule has 0 N–H and O–H groups in total. The Morgan fingerprint density at radius 3 is 2.65 bits per heavy atom. The maximum atomic E-state index is 13.5. The maximum Gasteiger partial charge on any atom is 0.270 e. The lowest BCUT2D eigenvalue weighted by molar-refractivity contribution is -0.113. The van der Waals surface area contributed by atoms with Crippen LogP contribution in [0.2, 0.25) is 5.02 Å². The van der Waals surface area contributed by atoms with Crippen molar-refractivity contribution in [1.29, 1.82) is 0 Å². The van der Waals surface area contributed by atoms with Gasteiger partial charge in [-0.3, -0.25) is 9.69 Å². The quantitative estimate of drug-likeness (QED) is 0.530. The number of thioether (sulfide) groups is 1. The van der Waals surface area contributed by atoms with Crippen LogP contribution in [0.1, 0.15) is 5.56 Å². The Balaban J connectivity index is 1.97. The van der Waals surface area contributed by atoms with Gasteiger partial charge in [0.1, 0.15) is 5.82 Å². The summed E-state index contributed by atoms with van der Waals surface area (Å²) in [6.45, 7) is 0. The fourth-order valence-electron chi connectivity index (χ4n) is 2.48. The Morgan fingerprint density at radius 1 is 1.23 bits per heavy atom. The topological polar surface area (TPSA) is 38.8 Å². The molecule has 134 valence electrons. The van der Waals surface area contributed by atoms with Gasteiger partial charge in [0, 0.05) is 0 Å². The van der Waals surface area contributed by atoms with Gasteiger partial charge in [0.05, 0.1) is 29.8 Å². The molecule has 2 aromatic carbocycles. The monoisotopic (exact) mass is 409 g/mol. The summed E-state index contributed by atoms with van der Waals surface area (Å²) in [5.41, 5.74) is 1.05. The second-order valence-electron chi connectivity index (χ2n) is 5.24. The van der Waals surface area contributed by atoms with E-state index >= 15 is 0 Å². The molecule has 0 radical (unpaired) electrons. The number of rotatable bonds is 4. The van der Waals surface area contributed by atoms with E-state index in [-0.39, 0.29) is 5.91 Å². The van der Waals surface area contributed by atoms with E-state index in [1.807, 2.05) is 0 Å². The third-order valence-corrected chi connectivity index (χ3v) is 5.20. The number of carbonyl (C=O) groups is 1. The van der Waals surface area contributed by atoms with Gasteiger partial charge in [0.25, 0.3) is 5.91 Å². The zero-order valence-electron chi connectivity index (χ0n) is 13.8. The fourth-order valence-corrected chi connectivity index (χ4v) is 4.07. The summed E-state index contributed by atoms with van der Waals surface area (Å²) in [6, 6.07) is 9.10. The number of anilines is 1. The summed E-state index contributed by atoms with van der Waals surface area (Å²) in [6.07, 6.45) is 1.66.